The lowest BCUT2D eigenvalue weighted by atomic mass is 10.1. The number of halogens is 1. The molecule has 20 heavy (non-hydrogen) atoms. The molecule has 2 aromatic rings. The second-order valence-corrected chi connectivity index (χ2v) is 4.03. The Labute approximate surface area is 113 Å². The number of rotatable bonds is 5. The van der Waals surface area contributed by atoms with E-state index in [2.05, 4.69) is 5.32 Å². The highest BCUT2D eigenvalue weighted by molar-refractivity contribution is 5.91. The SMILES string of the molecule is O=C(NCCc1ccc(F)cc1)c1ccc([N+](=O)[O-])o1. The van der Waals surface area contributed by atoms with Crippen molar-refractivity contribution in [3.8, 4) is 0 Å². The van der Waals surface area contributed by atoms with Crippen LogP contribution in [0.4, 0.5) is 10.3 Å². The number of nitrogens with one attached hydrogen (secondary N) is 1. The van der Waals surface area contributed by atoms with Crippen LogP contribution in [0, 0.1) is 15.9 Å². The molecular formula is C13H11FN2O4. The zero-order valence-corrected chi connectivity index (χ0v) is 10.3. The fraction of sp³-hybridized carbons (Fsp3) is 0.154. The molecule has 1 heterocycles. The lowest BCUT2D eigenvalue weighted by Crippen LogP contribution is -2.25. The van der Waals surface area contributed by atoms with Gasteiger partial charge in [0.2, 0.25) is 0 Å². The van der Waals surface area contributed by atoms with E-state index in [-0.39, 0.29) is 11.6 Å². The van der Waals surface area contributed by atoms with E-state index in [4.69, 9.17) is 4.42 Å². The monoisotopic (exact) mass is 278 g/mol. The topological polar surface area (TPSA) is 85.4 Å². The van der Waals surface area contributed by atoms with Gasteiger partial charge in [0.1, 0.15) is 10.7 Å². The van der Waals surface area contributed by atoms with Crippen molar-refractivity contribution >= 4 is 11.8 Å². The summed E-state index contributed by atoms with van der Waals surface area (Å²) in [4.78, 5) is 21.3. The highest BCUT2D eigenvalue weighted by Crippen LogP contribution is 2.15. The summed E-state index contributed by atoms with van der Waals surface area (Å²) in [6.45, 7) is 0.318. The zero-order valence-electron chi connectivity index (χ0n) is 10.3. The molecule has 1 amide bonds. The number of carbonyl (C=O) groups is 1. The van der Waals surface area contributed by atoms with Crippen molar-refractivity contribution < 1.29 is 18.5 Å². The summed E-state index contributed by atoms with van der Waals surface area (Å²) in [5.74, 6) is -1.44. The third-order valence-electron chi connectivity index (χ3n) is 2.61. The van der Waals surface area contributed by atoms with E-state index in [1.165, 1.54) is 18.2 Å². The van der Waals surface area contributed by atoms with Gasteiger partial charge in [0.25, 0.3) is 5.91 Å². The van der Waals surface area contributed by atoms with Crippen molar-refractivity contribution in [2.75, 3.05) is 6.54 Å². The van der Waals surface area contributed by atoms with Crippen molar-refractivity contribution in [2.45, 2.75) is 6.42 Å². The number of hydrogen-bond acceptors (Lipinski definition) is 4. The molecule has 0 saturated heterocycles. The molecule has 0 saturated carbocycles. The van der Waals surface area contributed by atoms with Crippen LogP contribution in [0.1, 0.15) is 16.1 Å². The summed E-state index contributed by atoms with van der Waals surface area (Å²) in [5.41, 5.74) is 0.872. The molecule has 7 heteroatoms. The predicted molar refractivity (Wildman–Crippen MR) is 67.8 cm³/mol. The van der Waals surface area contributed by atoms with E-state index in [0.29, 0.717) is 13.0 Å². The number of benzene rings is 1. The highest BCUT2D eigenvalue weighted by atomic mass is 19.1. The first-order valence-electron chi connectivity index (χ1n) is 5.83. The number of nitrogens with zero attached hydrogens (tertiary/aromatic N) is 1. The Balaban J connectivity index is 1.85. The lowest BCUT2D eigenvalue weighted by Gasteiger charge is -2.03. The molecule has 0 aliphatic rings. The molecule has 0 radical (unpaired) electrons. The van der Waals surface area contributed by atoms with E-state index in [1.54, 1.807) is 12.1 Å². The van der Waals surface area contributed by atoms with Crippen LogP contribution in [0.5, 0.6) is 0 Å². The van der Waals surface area contributed by atoms with Crippen LogP contribution in [-0.4, -0.2) is 17.4 Å². The second kappa shape index (κ2) is 5.96. The molecule has 0 aliphatic heterocycles. The van der Waals surface area contributed by atoms with Crippen LogP contribution >= 0.6 is 0 Å². The third kappa shape index (κ3) is 3.41. The molecule has 0 unspecified atom stereocenters. The maximum absolute atomic E-state index is 12.7. The molecule has 0 bridgehead atoms. The average molecular weight is 278 g/mol. The van der Waals surface area contributed by atoms with Crippen LogP contribution in [0.25, 0.3) is 0 Å². The summed E-state index contributed by atoms with van der Waals surface area (Å²) in [7, 11) is 0. The van der Waals surface area contributed by atoms with E-state index in [0.717, 1.165) is 11.6 Å². The van der Waals surface area contributed by atoms with Gasteiger partial charge in [-0.25, -0.2) is 4.39 Å². The van der Waals surface area contributed by atoms with Crippen molar-refractivity contribution in [2.24, 2.45) is 0 Å². The Hall–Kier alpha value is -2.70. The molecule has 104 valence electrons. The number of hydrogen-bond donors (Lipinski definition) is 1. The smallest absolute Gasteiger partial charge is 0.395 e. The Morgan fingerprint density at radius 3 is 2.55 bits per heavy atom. The Kier molecular flexibility index (Phi) is 4.09. The number of nitro groups is 1. The van der Waals surface area contributed by atoms with E-state index in [1.807, 2.05) is 0 Å². The van der Waals surface area contributed by atoms with E-state index >= 15 is 0 Å². The molecule has 0 spiro atoms. The minimum Gasteiger partial charge on any atom is -0.395 e. The van der Waals surface area contributed by atoms with Crippen molar-refractivity contribution in [1.82, 2.24) is 5.32 Å². The summed E-state index contributed by atoms with van der Waals surface area (Å²) >= 11 is 0. The summed E-state index contributed by atoms with van der Waals surface area (Å²) in [6, 6.07) is 8.29. The van der Waals surface area contributed by atoms with E-state index in [9.17, 15) is 19.3 Å². The second-order valence-electron chi connectivity index (χ2n) is 4.03. The fourth-order valence-electron chi connectivity index (χ4n) is 1.61. The van der Waals surface area contributed by atoms with Gasteiger partial charge in [-0.3, -0.25) is 14.9 Å². The minimum absolute atomic E-state index is 0.115. The van der Waals surface area contributed by atoms with Gasteiger partial charge in [-0.2, -0.15) is 0 Å². The van der Waals surface area contributed by atoms with Crippen LogP contribution in [0.15, 0.2) is 40.8 Å². The van der Waals surface area contributed by atoms with Crippen LogP contribution in [0.3, 0.4) is 0 Å². The maximum Gasteiger partial charge on any atom is 0.433 e. The van der Waals surface area contributed by atoms with Crippen LogP contribution < -0.4 is 5.32 Å². The number of furan rings is 1. The van der Waals surface area contributed by atoms with Gasteiger partial charge in [-0.15, -0.1) is 0 Å². The van der Waals surface area contributed by atoms with Crippen molar-refractivity contribution in [1.29, 1.82) is 0 Å². The van der Waals surface area contributed by atoms with Gasteiger partial charge in [0.05, 0.1) is 6.07 Å². The normalized spacial score (nSPS) is 10.2. The van der Waals surface area contributed by atoms with Gasteiger partial charge in [-0.05, 0) is 30.2 Å². The first-order valence-corrected chi connectivity index (χ1v) is 5.83. The molecule has 0 atom stereocenters. The molecule has 1 N–H and O–H groups in total. The molecule has 1 aromatic heterocycles. The Bertz CT molecular complexity index is 622. The van der Waals surface area contributed by atoms with Gasteiger partial charge in [0, 0.05) is 6.54 Å². The van der Waals surface area contributed by atoms with E-state index < -0.39 is 16.7 Å². The van der Waals surface area contributed by atoms with Crippen LogP contribution in [-0.2, 0) is 6.42 Å². The van der Waals surface area contributed by atoms with Gasteiger partial charge in [0.15, 0.2) is 5.76 Å². The lowest BCUT2D eigenvalue weighted by molar-refractivity contribution is -0.402. The van der Waals surface area contributed by atoms with Gasteiger partial charge < -0.3 is 9.73 Å². The summed E-state index contributed by atoms with van der Waals surface area (Å²) in [5, 5.41) is 13.0. The maximum atomic E-state index is 12.7. The molecule has 6 nitrogen and oxygen atoms in total. The third-order valence-corrected chi connectivity index (χ3v) is 2.61. The summed E-state index contributed by atoms with van der Waals surface area (Å²) < 4.78 is 17.5. The first-order chi connectivity index (χ1) is 9.56. The zero-order chi connectivity index (χ0) is 14.5. The molecular weight excluding hydrogens is 267 g/mol. The Morgan fingerprint density at radius 1 is 1.25 bits per heavy atom. The summed E-state index contributed by atoms with van der Waals surface area (Å²) in [6.07, 6.45) is 0.523. The Morgan fingerprint density at radius 2 is 1.95 bits per heavy atom. The number of carbonyl (C=O) groups excluding carboxylic acids is 1. The van der Waals surface area contributed by atoms with Crippen LogP contribution in [0.2, 0.25) is 0 Å². The average Bonchev–Trinajstić information content (AvgIpc) is 2.91. The highest BCUT2D eigenvalue weighted by Gasteiger charge is 2.16. The molecule has 0 fully saturated rings. The quantitative estimate of drug-likeness (QED) is 0.671. The van der Waals surface area contributed by atoms with Gasteiger partial charge >= 0.3 is 5.88 Å². The van der Waals surface area contributed by atoms with Crippen molar-refractivity contribution in [3.05, 3.63) is 63.7 Å². The largest absolute Gasteiger partial charge is 0.433 e. The molecule has 2 rings (SSSR count). The predicted octanol–water partition coefficient (Wildman–Crippen LogP) is 2.30. The van der Waals surface area contributed by atoms with Gasteiger partial charge in [-0.1, -0.05) is 12.1 Å². The fourth-order valence-corrected chi connectivity index (χ4v) is 1.61. The minimum atomic E-state index is -0.713. The van der Waals surface area contributed by atoms with Crippen molar-refractivity contribution in [3.63, 3.8) is 0 Å². The molecule has 1 aromatic carbocycles. The first kappa shape index (κ1) is 13.7. The molecule has 0 aliphatic carbocycles. The number of amides is 1. The standard InChI is InChI=1S/C13H11FN2O4/c14-10-3-1-9(2-4-10)7-8-15-13(17)11-5-6-12(20-11)16(18)19/h1-6H,7-8H2,(H,15,17).